The number of aryl methyl sites for hydroxylation is 3. The highest BCUT2D eigenvalue weighted by Gasteiger charge is 2.07. The molecule has 0 aliphatic rings. The van der Waals surface area contributed by atoms with E-state index in [-0.39, 0.29) is 0 Å². The Kier molecular flexibility index (Phi) is 2.94. The molecule has 0 saturated heterocycles. The van der Waals surface area contributed by atoms with Crippen molar-refractivity contribution in [2.75, 3.05) is 0 Å². The van der Waals surface area contributed by atoms with Crippen molar-refractivity contribution in [1.82, 2.24) is 9.38 Å². The molecule has 0 aliphatic carbocycles. The largest absolute Gasteiger partial charge is 0.305 e. The van der Waals surface area contributed by atoms with Gasteiger partial charge in [-0.05, 0) is 65.5 Å². The first-order chi connectivity index (χ1) is 9.04. The molecule has 0 saturated carbocycles. The van der Waals surface area contributed by atoms with Gasteiger partial charge in [-0.3, -0.25) is 0 Å². The second-order valence-corrected chi connectivity index (χ2v) is 5.85. The van der Waals surface area contributed by atoms with Crippen molar-refractivity contribution in [2.45, 2.75) is 20.8 Å². The first kappa shape index (κ1) is 12.4. The molecule has 0 aliphatic heterocycles. The van der Waals surface area contributed by atoms with Crippen LogP contribution in [0.25, 0.3) is 16.9 Å². The summed E-state index contributed by atoms with van der Waals surface area (Å²) in [5.74, 6) is 0. The van der Waals surface area contributed by atoms with Gasteiger partial charge < -0.3 is 4.40 Å². The number of nitrogens with zero attached hydrogens (tertiary/aromatic N) is 2. The smallest absolute Gasteiger partial charge is 0.137 e. The first-order valence-electron chi connectivity index (χ1n) is 6.27. The van der Waals surface area contributed by atoms with Gasteiger partial charge in [-0.2, -0.15) is 0 Å². The van der Waals surface area contributed by atoms with Crippen molar-refractivity contribution < 1.29 is 0 Å². The highest BCUT2D eigenvalue weighted by molar-refractivity contribution is 9.10. The lowest BCUT2D eigenvalue weighted by molar-refractivity contribution is 1.16. The Bertz CT molecular complexity index is 733. The summed E-state index contributed by atoms with van der Waals surface area (Å²) in [7, 11) is 0. The fraction of sp³-hybridized carbons (Fsp3) is 0.188. The van der Waals surface area contributed by atoms with Crippen LogP contribution in [0.15, 0.2) is 41.1 Å². The number of rotatable bonds is 1. The van der Waals surface area contributed by atoms with Gasteiger partial charge in [0, 0.05) is 22.4 Å². The zero-order valence-electron chi connectivity index (χ0n) is 11.2. The molecule has 96 valence electrons. The van der Waals surface area contributed by atoms with Crippen molar-refractivity contribution in [3.63, 3.8) is 0 Å². The second kappa shape index (κ2) is 4.49. The summed E-state index contributed by atoms with van der Waals surface area (Å²) in [6.45, 7) is 6.34. The molecule has 0 spiro atoms. The van der Waals surface area contributed by atoms with Gasteiger partial charge >= 0.3 is 0 Å². The third-order valence-electron chi connectivity index (χ3n) is 3.54. The summed E-state index contributed by atoms with van der Waals surface area (Å²) in [5, 5.41) is 0. The normalized spacial score (nSPS) is 11.2. The Morgan fingerprint density at radius 2 is 1.74 bits per heavy atom. The zero-order chi connectivity index (χ0) is 13.6. The van der Waals surface area contributed by atoms with Crippen LogP contribution in [-0.2, 0) is 0 Å². The molecule has 1 aromatic carbocycles. The minimum Gasteiger partial charge on any atom is -0.305 e. The highest BCUT2D eigenvalue weighted by atomic mass is 79.9. The molecule has 3 rings (SSSR count). The number of aromatic nitrogens is 2. The molecule has 0 radical (unpaired) electrons. The number of hydrogen-bond donors (Lipinski definition) is 0. The molecule has 2 nitrogen and oxygen atoms in total. The molecule has 0 amide bonds. The topological polar surface area (TPSA) is 17.3 Å². The van der Waals surface area contributed by atoms with E-state index in [4.69, 9.17) is 4.98 Å². The molecule has 0 atom stereocenters. The van der Waals surface area contributed by atoms with E-state index >= 15 is 0 Å². The van der Waals surface area contributed by atoms with E-state index in [0.29, 0.717) is 0 Å². The van der Waals surface area contributed by atoms with Gasteiger partial charge in [0.25, 0.3) is 0 Å². The van der Waals surface area contributed by atoms with E-state index in [9.17, 15) is 0 Å². The lowest BCUT2D eigenvalue weighted by Crippen LogP contribution is -1.85. The third kappa shape index (κ3) is 2.19. The minimum atomic E-state index is 0.980. The van der Waals surface area contributed by atoms with Crippen LogP contribution in [0.3, 0.4) is 0 Å². The Labute approximate surface area is 121 Å². The van der Waals surface area contributed by atoms with Crippen LogP contribution in [0.1, 0.15) is 16.7 Å². The van der Waals surface area contributed by atoms with E-state index in [1.165, 1.54) is 22.3 Å². The van der Waals surface area contributed by atoms with Crippen LogP contribution in [0, 0.1) is 20.8 Å². The van der Waals surface area contributed by atoms with Crippen LogP contribution in [0.5, 0.6) is 0 Å². The number of hydrogen-bond acceptors (Lipinski definition) is 1. The first-order valence-corrected chi connectivity index (χ1v) is 7.06. The second-order valence-electron chi connectivity index (χ2n) is 5.00. The number of imidazole rings is 1. The van der Waals surface area contributed by atoms with Crippen LogP contribution >= 0.6 is 15.9 Å². The molecule has 3 heteroatoms. The van der Waals surface area contributed by atoms with Gasteiger partial charge in [0.15, 0.2) is 0 Å². The summed E-state index contributed by atoms with van der Waals surface area (Å²) in [5.41, 5.74) is 6.97. The van der Waals surface area contributed by atoms with E-state index in [0.717, 1.165) is 15.8 Å². The van der Waals surface area contributed by atoms with E-state index in [2.05, 4.69) is 77.8 Å². The maximum atomic E-state index is 4.70. The van der Waals surface area contributed by atoms with Crippen LogP contribution in [0.2, 0.25) is 0 Å². The maximum Gasteiger partial charge on any atom is 0.137 e. The van der Waals surface area contributed by atoms with Gasteiger partial charge in [0.2, 0.25) is 0 Å². The number of fused-ring (bicyclic) bond motifs is 1. The fourth-order valence-corrected chi connectivity index (χ4v) is 2.48. The molecule has 0 fully saturated rings. The van der Waals surface area contributed by atoms with Crippen molar-refractivity contribution >= 4 is 21.6 Å². The molecular weight excluding hydrogens is 300 g/mol. The van der Waals surface area contributed by atoms with Crippen molar-refractivity contribution in [1.29, 1.82) is 0 Å². The van der Waals surface area contributed by atoms with Gasteiger partial charge in [-0.15, -0.1) is 0 Å². The fourth-order valence-electron chi connectivity index (χ4n) is 2.14. The average molecular weight is 315 g/mol. The quantitative estimate of drug-likeness (QED) is 0.637. The molecule has 19 heavy (non-hydrogen) atoms. The van der Waals surface area contributed by atoms with Gasteiger partial charge in [0.05, 0.1) is 5.69 Å². The Balaban J connectivity index is 2.17. The predicted molar refractivity (Wildman–Crippen MR) is 82.5 cm³/mol. The third-order valence-corrected chi connectivity index (χ3v) is 4.37. The van der Waals surface area contributed by atoms with Crippen LogP contribution < -0.4 is 0 Å². The maximum absolute atomic E-state index is 4.70. The molecule has 2 aromatic heterocycles. The lowest BCUT2D eigenvalue weighted by Gasteiger charge is -2.01. The summed E-state index contributed by atoms with van der Waals surface area (Å²) >= 11 is 3.55. The molecular formula is C16H15BrN2. The molecule has 2 heterocycles. The minimum absolute atomic E-state index is 0.980. The van der Waals surface area contributed by atoms with E-state index < -0.39 is 0 Å². The summed E-state index contributed by atoms with van der Waals surface area (Å²) in [4.78, 5) is 4.70. The molecule has 0 N–H and O–H groups in total. The van der Waals surface area contributed by atoms with Crippen LogP contribution in [0.4, 0.5) is 0 Å². The van der Waals surface area contributed by atoms with Gasteiger partial charge in [0.1, 0.15) is 5.65 Å². The Hall–Kier alpha value is -1.61. The highest BCUT2D eigenvalue weighted by Crippen LogP contribution is 2.24. The summed E-state index contributed by atoms with van der Waals surface area (Å²) in [6, 6.07) is 8.56. The van der Waals surface area contributed by atoms with Gasteiger partial charge in [-0.1, -0.05) is 12.1 Å². The SMILES string of the molecule is Cc1ccc(-c2cn3cc(Br)c(C)cc3n2)cc1C. The summed E-state index contributed by atoms with van der Waals surface area (Å²) < 4.78 is 3.16. The van der Waals surface area contributed by atoms with Crippen molar-refractivity contribution in [3.8, 4) is 11.3 Å². The van der Waals surface area contributed by atoms with E-state index in [1.807, 2.05) is 0 Å². The summed E-state index contributed by atoms with van der Waals surface area (Å²) in [6.07, 6.45) is 4.13. The Morgan fingerprint density at radius 3 is 2.47 bits per heavy atom. The standard InChI is InChI=1S/C16H15BrN2/c1-10-4-5-13(6-11(10)2)15-9-19-8-14(17)12(3)7-16(19)18-15/h4-9H,1-3H3. The van der Waals surface area contributed by atoms with Crippen molar-refractivity contribution in [3.05, 3.63) is 57.8 Å². The van der Waals surface area contributed by atoms with Crippen LogP contribution in [-0.4, -0.2) is 9.38 Å². The number of benzene rings is 1. The van der Waals surface area contributed by atoms with Gasteiger partial charge in [-0.25, -0.2) is 4.98 Å². The number of pyridine rings is 1. The molecule has 0 bridgehead atoms. The zero-order valence-corrected chi connectivity index (χ0v) is 12.8. The van der Waals surface area contributed by atoms with E-state index in [1.54, 1.807) is 0 Å². The number of halogens is 1. The lowest BCUT2D eigenvalue weighted by atomic mass is 10.1. The Morgan fingerprint density at radius 1 is 0.947 bits per heavy atom. The molecule has 3 aromatic rings. The molecule has 0 unspecified atom stereocenters. The van der Waals surface area contributed by atoms with Crippen molar-refractivity contribution in [2.24, 2.45) is 0 Å². The predicted octanol–water partition coefficient (Wildman–Crippen LogP) is 4.69. The monoisotopic (exact) mass is 314 g/mol. The average Bonchev–Trinajstić information content (AvgIpc) is 2.76.